The van der Waals surface area contributed by atoms with Crippen LogP contribution < -0.4 is 25.5 Å². The number of hydrazine groups is 1. The summed E-state index contributed by atoms with van der Waals surface area (Å²) in [4.78, 5) is 4.29. The van der Waals surface area contributed by atoms with Crippen LogP contribution in [0.5, 0.6) is 17.2 Å². The Kier molecular flexibility index (Phi) is 5.38. The number of methoxy groups -OCH3 is 3. The molecule has 3 N–H and O–H groups in total. The van der Waals surface area contributed by atoms with Crippen molar-refractivity contribution in [3.8, 4) is 17.2 Å². The predicted molar refractivity (Wildman–Crippen MR) is 82.0 cm³/mol. The summed E-state index contributed by atoms with van der Waals surface area (Å²) < 4.78 is 16.1. The van der Waals surface area contributed by atoms with Crippen molar-refractivity contribution in [2.75, 3.05) is 21.3 Å². The average Bonchev–Trinajstić information content (AvgIpc) is 3.04. The van der Waals surface area contributed by atoms with E-state index in [0.29, 0.717) is 23.7 Å². The molecule has 1 aromatic carbocycles. The number of benzene rings is 1. The summed E-state index contributed by atoms with van der Waals surface area (Å²) in [5, 5.41) is 2.93. The topological polar surface area (TPSA) is 78.6 Å². The van der Waals surface area contributed by atoms with Crippen molar-refractivity contribution < 1.29 is 14.2 Å². The number of thiazole rings is 1. The van der Waals surface area contributed by atoms with Crippen molar-refractivity contribution in [1.29, 1.82) is 0 Å². The van der Waals surface area contributed by atoms with Gasteiger partial charge in [0.15, 0.2) is 11.5 Å². The molecule has 2 aromatic rings. The Morgan fingerprint density at radius 3 is 2.33 bits per heavy atom. The Balaban J connectivity index is 2.39. The highest BCUT2D eigenvalue weighted by atomic mass is 32.1. The highest BCUT2D eigenvalue weighted by Gasteiger charge is 2.20. The molecule has 0 spiro atoms. The van der Waals surface area contributed by atoms with Crippen molar-refractivity contribution in [2.24, 2.45) is 5.84 Å². The van der Waals surface area contributed by atoms with Crippen LogP contribution in [-0.2, 0) is 6.42 Å². The van der Waals surface area contributed by atoms with Crippen LogP contribution in [0.3, 0.4) is 0 Å². The Bertz CT molecular complexity index is 575. The van der Waals surface area contributed by atoms with Gasteiger partial charge in [0.25, 0.3) is 0 Å². The van der Waals surface area contributed by atoms with Gasteiger partial charge in [0.05, 0.1) is 32.4 Å². The molecule has 1 atom stereocenters. The maximum Gasteiger partial charge on any atom is 0.164 e. The summed E-state index contributed by atoms with van der Waals surface area (Å²) in [5.74, 6) is 7.64. The highest BCUT2D eigenvalue weighted by Crippen LogP contribution is 2.38. The number of ether oxygens (including phenoxy) is 3. The van der Waals surface area contributed by atoms with E-state index in [-0.39, 0.29) is 6.04 Å². The maximum atomic E-state index is 5.71. The first-order valence-corrected chi connectivity index (χ1v) is 7.25. The van der Waals surface area contributed by atoms with Crippen molar-refractivity contribution in [2.45, 2.75) is 12.5 Å². The molecule has 0 aliphatic rings. The maximum absolute atomic E-state index is 5.71. The number of hydrogen-bond donors (Lipinski definition) is 2. The van der Waals surface area contributed by atoms with Gasteiger partial charge in [0.2, 0.25) is 0 Å². The molecule has 21 heavy (non-hydrogen) atoms. The van der Waals surface area contributed by atoms with Gasteiger partial charge in [-0.05, 0) is 6.07 Å². The van der Waals surface area contributed by atoms with Gasteiger partial charge >= 0.3 is 0 Å². The molecular formula is C14H19N3O3S. The quantitative estimate of drug-likeness (QED) is 0.601. The zero-order chi connectivity index (χ0) is 15.2. The summed E-state index contributed by atoms with van der Waals surface area (Å²) in [7, 11) is 4.80. The van der Waals surface area contributed by atoms with Gasteiger partial charge < -0.3 is 14.2 Å². The Hall–Kier alpha value is -1.83. The van der Waals surface area contributed by atoms with E-state index in [1.165, 1.54) is 0 Å². The van der Waals surface area contributed by atoms with Gasteiger partial charge in [-0.15, -0.1) is 11.3 Å². The van der Waals surface area contributed by atoms with E-state index >= 15 is 0 Å². The van der Waals surface area contributed by atoms with Crippen LogP contribution in [0.2, 0.25) is 0 Å². The van der Waals surface area contributed by atoms with Crippen molar-refractivity contribution in [1.82, 2.24) is 10.4 Å². The molecule has 1 aromatic heterocycles. The third-order valence-electron chi connectivity index (χ3n) is 3.17. The molecule has 0 saturated carbocycles. The summed E-state index contributed by atoms with van der Waals surface area (Å²) in [6.45, 7) is 0. The smallest absolute Gasteiger partial charge is 0.164 e. The molecule has 0 aliphatic carbocycles. The molecule has 0 amide bonds. The Morgan fingerprint density at radius 1 is 1.14 bits per heavy atom. The van der Waals surface area contributed by atoms with E-state index in [4.69, 9.17) is 20.1 Å². The second-order valence-electron chi connectivity index (χ2n) is 4.30. The first-order valence-electron chi connectivity index (χ1n) is 6.37. The SMILES string of the molecule is COc1cc(OC)c(C(Cc2nccs2)NN)cc1OC. The average molecular weight is 309 g/mol. The predicted octanol–water partition coefficient (Wildman–Crippen LogP) is 1.92. The lowest BCUT2D eigenvalue weighted by atomic mass is 10.0. The van der Waals surface area contributed by atoms with Crippen LogP contribution in [-0.4, -0.2) is 26.3 Å². The number of nitrogens with two attached hydrogens (primary N) is 1. The van der Waals surface area contributed by atoms with Gasteiger partial charge in [-0.1, -0.05) is 0 Å². The fraction of sp³-hybridized carbons (Fsp3) is 0.357. The summed E-state index contributed by atoms with van der Waals surface area (Å²) >= 11 is 1.59. The normalized spacial score (nSPS) is 12.0. The second-order valence-corrected chi connectivity index (χ2v) is 5.28. The second kappa shape index (κ2) is 7.26. The Labute approximate surface area is 127 Å². The molecule has 1 heterocycles. The molecule has 2 rings (SSSR count). The van der Waals surface area contributed by atoms with Gasteiger partial charge in [-0.25, -0.2) is 4.98 Å². The van der Waals surface area contributed by atoms with Crippen LogP contribution in [0.4, 0.5) is 0 Å². The van der Waals surface area contributed by atoms with E-state index in [1.54, 1.807) is 44.9 Å². The van der Waals surface area contributed by atoms with Crippen LogP contribution in [0.15, 0.2) is 23.7 Å². The molecule has 1 unspecified atom stereocenters. The third kappa shape index (κ3) is 3.44. The van der Waals surface area contributed by atoms with E-state index in [0.717, 1.165) is 10.6 Å². The number of aromatic nitrogens is 1. The fourth-order valence-electron chi connectivity index (χ4n) is 2.11. The number of nitrogens with one attached hydrogen (secondary N) is 1. The van der Waals surface area contributed by atoms with Gasteiger partial charge in [0.1, 0.15) is 5.75 Å². The summed E-state index contributed by atoms with van der Waals surface area (Å²) in [5.41, 5.74) is 3.71. The first kappa shape index (κ1) is 15.6. The highest BCUT2D eigenvalue weighted by molar-refractivity contribution is 7.09. The molecule has 0 radical (unpaired) electrons. The molecule has 114 valence electrons. The minimum absolute atomic E-state index is 0.133. The van der Waals surface area contributed by atoms with Crippen molar-refractivity contribution in [3.63, 3.8) is 0 Å². The standard InChI is InChI=1S/C14H19N3O3S/c1-18-11-8-13(20-3)12(19-2)6-9(11)10(17-15)7-14-16-4-5-21-14/h4-6,8,10,17H,7,15H2,1-3H3. The van der Waals surface area contributed by atoms with Crippen LogP contribution >= 0.6 is 11.3 Å². The summed E-state index contributed by atoms with van der Waals surface area (Å²) in [6.07, 6.45) is 2.44. The minimum Gasteiger partial charge on any atom is -0.496 e. The van der Waals surface area contributed by atoms with E-state index < -0.39 is 0 Å². The molecular weight excluding hydrogens is 290 g/mol. The molecule has 0 saturated heterocycles. The largest absolute Gasteiger partial charge is 0.496 e. The zero-order valence-electron chi connectivity index (χ0n) is 12.3. The van der Waals surface area contributed by atoms with E-state index in [2.05, 4.69) is 10.4 Å². The van der Waals surface area contributed by atoms with Gasteiger partial charge in [-0.2, -0.15) is 0 Å². The monoisotopic (exact) mass is 309 g/mol. The van der Waals surface area contributed by atoms with Crippen LogP contribution in [0, 0.1) is 0 Å². The van der Waals surface area contributed by atoms with Gasteiger partial charge in [-0.3, -0.25) is 11.3 Å². The Morgan fingerprint density at radius 2 is 1.81 bits per heavy atom. The lowest BCUT2D eigenvalue weighted by Gasteiger charge is -2.20. The molecule has 0 aliphatic heterocycles. The van der Waals surface area contributed by atoms with E-state index in [9.17, 15) is 0 Å². The lowest BCUT2D eigenvalue weighted by Crippen LogP contribution is -2.30. The molecule has 0 fully saturated rings. The van der Waals surface area contributed by atoms with E-state index in [1.807, 2.05) is 11.4 Å². The molecule has 7 heteroatoms. The third-order valence-corrected chi connectivity index (χ3v) is 3.98. The molecule has 0 bridgehead atoms. The number of hydrogen-bond acceptors (Lipinski definition) is 7. The zero-order valence-corrected chi connectivity index (χ0v) is 13.1. The lowest BCUT2D eigenvalue weighted by molar-refractivity contribution is 0.345. The number of rotatable bonds is 7. The number of nitrogens with zero attached hydrogens (tertiary/aromatic N) is 1. The summed E-state index contributed by atoms with van der Waals surface area (Å²) in [6, 6.07) is 3.53. The van der Waals surface area contributed by atoms with Gasteiger partial charge in [0, 0.05) is 29.6 Å². The van der Waals surface area contributed by atoms with Crippen molar-refractivity contribution in [3.05, 3.63) is 34.3 Å². The van der Waals surface area contributed by atoms with Crippen LogP contribution in [0.25, 0.3) is 0 Å². The minimum atomic E-state index is -0.133. The van der Waals surface area contributed by atoms with Crippen molar-refractivity contribution >= 4 is 11.3 Å². The molecule has 6 nitrogen and oxygen atoms in total. The first-order chi connectivity index (χ1) is 10.2. The fourth-order valence-corrected chi connectivity index (χ4v) is 2.78. The van der Waals surface area contributed by atoms with Crippen LogP contribution in [0.1, 0.15) is 16.6 Å².